The van der Waals surface area contributed by atoms with Crippen LogP contribution in [0.2, 0.25) is 5.02 Å². The molecule has 5 aromatic rings. The number of nitro groups is 1. The van der Waals surface area contributed by atoms with Gasteiger partial charge in [0.25, 0.3) is 21.6 Å². The highest BCUT2D eigenvalue weighted by molar-refractivity contribution is 7.90. The summed E-state index contributed by atoms with van der Waals surface area (Å²) in [5, 5.41) is 17.1. The summed E-state index contributed by atoms with van der Waals surface area (Å²) >= 11 is 6.66. The molecular formula is C46H53ClN8O6S. The van der Waals surface area contributed by atoms with Crippen molar-refractivity contribution in [3.8, 4) is 11.5 Å². The third-order valence-electron chi connectivity index (χ3n) is 13.7. The molecular weight excluding hydrogens is 828 g/mol. The van der Waals surface area contributed by atoms with Gasteiger partial charge in [-0.3, -0.25) is 19.8 Å². The predicted molar refractivity (Wildman–Crippen MR) is 241 cm³/mol. The van der Waals surface area contributed by atoms with Crippen LogP contribution in [0.5, 0.6) is 11.5 Å². The van der Waals surface area contributed by atoms with Crippen LogP contribution in [0.4, 0.5) is 17.1 Å². The third-order valence-corrected chi connectivity index (χ3v) is 15.4. The van der Waals surface area contributed by atoms with E-state index in [9.17, 15) is 23.3 Å². The zero-order valence-electron chi connectivity index (χ0n) is 34.9. The fourth-order valence-electron chi connectivity index (χ4n) is 10.2. The summed E-state index contributed by atoms with van der Waals surface area (Å²) < 4.78 is 36.0. The van der Waals surface area contributed by atoms with E-state index >= 15 is 0 Å². The van der Waals surface area contributed by atoms with E-state index < -0.39 is 25.7 Å². The number of aromatic amines is 1. The van der Waals surface area contributed by atoms with Crippen LogP contribution < -0.4 is 19.7 Å². The molecule has 3 fully saturated rings. The second-order valence-electron chi connectivity index (χ2n) is 17.4. The topological polar surface area (TPSA) is 166 Å². The van der Waals surface area contributed by atoms with Crippen LogP contribution in [-0.2, 0) is 16.4 Å². The van der Waals surface area contributed by atoms with E-state index in [1.54, 1.807) is 30.5 Å². The van der Waals surface area contributed by atoms with Crippen molar-refractivity contribution in [2.24, 2.45) is 11.3 Å². The van der Waals surface area contributed by atoms with Gasteiger partial charge < -0.3 is 24.8 Å². The number of hydrogen-bond donors (Lipinski definition) is 3. The number of carbonyl (C=O) groups excluding carboxylic acids is 1. The number of sulfonamides is 1. The number of ether oxygens (including phenoxy) is 1. The molecule has 0 bridgehead atoms. The average molecular weight is 882 g/mol. The number of benzene rings is 3. The van der Waals surface area contributed by atoms with E-state index in [0.717, 1.165) is 107 Å². The van der Waals surface area contributed by atoms with Gasteiger partial charge in [-0.1, -0.05) is 37.1 Å². The third kappa shape index (κ3) is 8.72. The molecule has 0 unspecified atom stereocenters. The minimum atomic E-state index is -4.55. The molecule has 2 aliphatic carbocycles. The highest BCUT2D eigenvalue weighted by atomic mass is 35.5. The van der Waals surface area contributed by atoms with Gasteiger partial charge in [-0.25, -0.2) is 18.1 Å². The Balaban J connectivity index is 0.907. The van der Waals surface area contributed by atoms with E-state index in [0.29, 0.717) is 35.3 Å². The number of carbonyl (C=O) groups is 1. The van der Waals surface area contributed by atoms with E-state index in [1.807, 2.05) is 18.2 Å². The lowest BCUT2D eigenvalue weighted by molar-refractivity contribution is -0.384. The van der Waals surface area contributed by atoms with Gasteiger partial charge in [0.15, 0.2) is 0 Å². The van der Waals surface area contributed by atoms with Gasteiger partial charge in [0.05, 0.1) is 21.6 Å². The first-order valence-electron chi connectivity index (χ1n) is 21.8. The summed E-state index contributed by atoms with van der Waals surface area (Å²) in [6.07, 6.45) is 12.1. The lowest BCUT2D eigenvalue weighted by Crippen LogP contribution is -2.48. The molecule has 3 aromatic carbocycles. The maximum absolute atomic E-state index is 14.0. The number of halogens is 1. The number of hydrogen-bond acceptors (Lipinski definition) is 11. The first-order valence-corrected chi connectivity index (χ1v) is 23.7. The van der Waals surface area contributed by atoms with Crippen molar-refractivity contribution >= 4 is 55.6 Å². The SMILES string of the molecule is CCN1CCC2(CC1)CC(CNc1ccc(S(=O)(=O)NC(=O)c3ccc(N4CCN([C@@H]5CCCCc6c(Cl)cccc65)CC4)cc3Oc3cnc4[nH]ccc4c3)cc1[N+](=O)[O-])C2. The fourth-order valence-corrected chi connectivity index (χ4v) is 11.5. The number of anilines is 2. The number of aromatic nitrogens is 2. The molecule has 4 heterocycles. The van der Waals surface area contributed by atoms with Crippen LogP contribution in [0.15, 0.2) is 84.0 Å². The van der Waals surface area contributed by atoms with Gasteiger partial charge in [-0.05, 0) is 130 Å². The number of fused-ring (bicyclic) bond motifs is 2. The molecule has 2 aromatic heterocycles. The Kier molecular flexibility index (Phi) is 11.9. The van der Waals surface area contributed by atoms with Crippen LogP contribution in [0.1, 0.15) is 79.4 Å². The summed E-state index contributed by atoms with van der Waals surface area (Å²) in [5.41, 5.74) is 4.27. The summed E-state index contributed by atoms with van der Waals surface area (Å²) in [7, 11) is -4.55. The molecule has 0 radical (unpaired) electrons. The molecule has 1 spiro atoms. The Labute approximate surface area is 367 Å². The van der Waals surface area contributed by atoms with Crippen LogP contribution in [0.25, 0.3) is 11.0 Å². The molecule has 4 aliphatic rings. The summed E-state index contributed by atoms with van der Waals surface area (Å²) in [4.78, 5) is 39.9. The van der Waals surface area contributed by atoms with Crippen LogP contribution in [0, 0.1) is 21.4 Å². The second-order valence-corrected chi connectivity index (χ2v) is 19.5. The van der Waals surface area contributed by atoms with Gasteiger partial charge in [0.2, 0.25) is 0 Å². The van der Waals surface area contributed by atoms with Crippen LogP contribution in [-0.4, -0.2) is 91.4 Å². The molecule has 2 saturated heterocycles. The molecule has 1 amide bonds. The Morgan fingerprint density at radius 3 is 2.60 bits per heavy atom. The average Bonchev–Trinajstić information content (AvgIpc) is 3.62. The summed E-state index contributed by atoms with van der Waals surface area (Å²) in [5.74, 6) is -0.0468. The van der Waals surface area contributed by atoms with Crippen LogP contribution in [0.3, 0.4) is 0 Å². The van der Waals surface area contributed by atoms with E-state index in [4.69, 9.17) is 16.3 Å². The minimum absolute atomic E-state index is 0.0245. The number of piperidine rings is 1. The van der Waals surface area contributed by atoms with Crippen molar-refractivity contribution in [1.29, 1.82) is 0 Å². The van der Waals surface area contributed by atoms with Crippen molar-refractivity contribution in [1.82, 2.24) is 24.5 Å². The molecule has 14 nitrogen and oxygen atoms in total. The molecule has 1 atom stereocenters. The lowest BCUT2D eigenvalue weighted by Gasteiger charge is -2.52. The zero-order chi connectivity index (χ0) is 43.0. The maximum atomic E-state index is 14.0. The standard InChI is InChI=1S/C46H53ClN8O6S/c1-2-52-18-15-46(16-19-52)27-31(28-46)29-49-40-13-11-35(26-42(40)55(57)58)62(59,60)51-45(56)38-12-10-33(25-43(38)61-34-24-32-14-17-48-44(32)50-30-34)53-20-22-54(23-21-53)41-9-4-3-6-36-37(41)7-5-8-39(36)47/h5,7-8,10-14,17,24-26,30-31,41,49H,2-4,6,9,15-16,18-23,27-29H2,1H3,(H,48,50)(H,51,56)/t41-/m1/s1. The molecule has 9 rings (SSSR count). The van der Waals surface area contributed by atoms with Gasteiger partial charge in [0, 0.05) is 73.2 Å². The quantitative estimate of drug-likeness (QED) is 0.0625. The minimum Gasteiger partial charge on any atom is -0.455 e. The number of nitro benzene ring substituents is 1. The highest BCUT2D eigenvalue weighted by Gasteiger charge is 2.45. The molecule has 16 heteroatoms. The smallest absolute Gasteiger partial charge is 0.293 e. The molecule has 3 N–H and O–H groups in total. The Hall–Kier alpha value is -5.22. The fraction of sp³-hybridized carbons (Fsp3) is 0.435. The number of nitrogens with one attached hydrogen (secondary N) is 3. The number of pyridine rings is 1. The Bertz CT molecular complexity index is 2580. The number of H-pyrrole nitrogens is 1. The number of likely N-dealkylation sites (tertiary alicyclic amines) is 1. The highest BCUT2D eigenvalue weighted by Crippen LogP contribution is 2.52. The first-order chi connectivity index (χ1) is 30.0. The normalized spacial score (nSPS) is 19.7. The van der Waals surface area contributed by atoms with Crippen LogP contribution >= 0.6 is 11.6 Å². The van der Waals surface area contributed by atoms with E-state index in [-0.39, 0.29) is 22.7 Å². The Morgan fingerprint density at radius 1 is 1.02 bits per heavy atom. The van der Waals surface area contributed by atoms with Gasteiger partial charge >= 0.3 is 0 Å². The molecule has 1 saturated carbocycles. The monoisotopic (exact) mass is 880 g/mol. The molecule has 2 aliphatic heterocycles. The van der Waals surface area contributed by atoms with E-state index in [2.05, 4.69) is 47.7 Å². The van der Waals surface area contributed by atoms with Gasteiger partial charge in [-0.15, -0.1) is 0 Å². The van der Waals surface area contributed by atoms with Crippen molar-refractivity contribution in [3.05, 3.63) is 111 Å². The lowest BCUT2D eigenvalue weighted by atomic mass is 9.57. The van der Waals surface area contributed by atoms with Crippen molar-refractivity contribution in [2.45, 2.75) is 69.2 Å². The largest absolute Gasteiger partial charge is 0.455 e. The van der Waals surface area contributed by atoms with E-state index in [1.165, 1.54) is 42.3 Å². The summed E-state index contributed by atoms with van der Waals surface area (Å²) in [6.45, 7) is 9.14. The first kappa shape index (κ1) is 42.1. The van der Waals surface area contributed by atoms with Crippen molar-refractivity contribution < 1.29 is 22.9 Å². The molecule has 62 heavy (non-hydrogen) atoms. The number of amides is 1. The van der Waals surface area contributed by atoms with Crippen molar-refractivity contribution in [2.75, 3.05) is 62.6 Å². The number of nitrogens with zero attached hydrogens (tertiary/aromatic N) is 5. The summed E-state index contributed by atoms with van der Waals surface area (Å²) in [6, 6.07) is 19.0. The number of rotatable bonds is 12. The van der Waals surface area contributed by atoms with Gasteiger partial charge in [0.1, 0.15) is 22.8 Å². The van der Waals surface area contributed by atoms with Gasteiger partial charge in [-0.2, -0.15) is 0 Å². The number of piperazine rings is 1. The predicted octanol–water partition coefficient (Wildman–Crippen LogP) is 8.55. The second kappa shape index (κ2) is 17.5. The zero-order valence-corrected chi connectivity index (χ0v) is 36.5. The molecule has 326 valence electrons. The van der Waals surface area contributed by atoms with Crippen molar-refractivity contribution in [3.63, 3.8) is 0 Å². The maximum Gasteiger partial charge on any atom is 0.293 e. The Morgan fingerprint density at radius 2 is 1.82 bits per heavy atom.